The van der Waals surface area contributed by atoms with Gasteiger partial charge in [-0.3, -0.25) is 4.79 Å². The van der Waals surface area contributed by atoms with Crippen LogP contribution in [0.2, 0.25) is 0 Å². The SMILES string of the molecule is CCOc1ccc(NC(=O)/C(C#N)=C\c2cc(C)n(-c3ccc(OCc4ccc(F)cc4)cc3)c2C)cc1. The van der Waals surface area contributed by atoms with E-state index in [9.17, 15) is 14.4 Å². The minimum atomic E-state index is -0.482. The number of nitrogens with zero attached hydrogens (tertiary/aromatic N) is 2. The number of nitriles is 1. The molecule has 0 unspecified atom stereocenters. The number of hydrogen-bond acceptors (Lipinski definition) is 4. The molecule has 1 heterocycles. The van der Waals surface area contributed by atoms with Gasteiger partial charge in [-0.05, 0) is 105 Å². The van der Waals surface area contributed by atoms with Crippen LogP contribution in [0, 0.1) is 31.0 Å². The first-order valence-electron chi connectivity index (χ1n) is 12.2. The number of hydrogen-bond donors (Lipinski definition) is 1. The van der Waals surface area contributed by atoms with Crippen LogP contribution in [-0.4, -0.2) is 17.1 Å². The van der Waals surface area contributed by atoms with E-state index in [0.29, 0.717) is 30.4 Å². The highest BCUT2D eigenvalue weighted by atomic mass is 19.1. The summed E-state index contributed by atoms with van der Waals surface area (Å²) in [6.07, 6.45) is 1.60. The van der Waals surface area contributed by atoms with E-state index < -0.39 is 5.91 Å². The number of carbonyl (C=O) groups is 1. The third kappa shape index (κ3) is 6.29. The lowest BCUT2D eigenvalue weighted by Gasteiger charge is -2.12. The molecular weight excluding hydrogens is 481 g/mol. The first kappa shape index (κ1) is 26.2. The number of anilines is 1. The number of benzene rings is 3. The average molecular weight is 510 g/mol. The summed E-state index contributed by atoms with van der Waals surface area (Å²) in [5.74, 6) is 0.642. The van der Waals surface area contributed by atoms with Crippen molar-refractivity contribution >= 4 is 17.7 Å². The Kier molecular flexibility index (Phi) is 8.24. The number of halogens is 1. The van der Waals surface area contributed by atoms with Crippen LogP contribution in [0.25, 0.3) is 11.8 Å². The van der Waals surface area contributed by atoms with E-state index in [-0.39, 0.29) is 11.4 Å². The molecule has 1 aromatic heterocycles. The summed E-state index contributed by atoms with van der Waals surface area (Å²) in [7, 11) is 0. The second kappa shape index (κ2) is 11.9. The van der Waals surface area contributed by atoms with Crippen LogP contribution in [0.4, 0.5) is 10.1 Å². The topological polar surface area (TPSA) is 76.3 Å². The number of aromatic nitrogens is 1. The molecular formula is C31H28FN3O3. The van der Waals surface area contributed by atoms with Crippen molar-refractivity contribution in [2.75, 3.05) is 11.9 Å². The first-order chi connectivity index (χ1) is 18.4. The summed E-state index contributed by atoms with van der Waals surface area (Å²) < 4.78 is 26.4. The van der Waals surface area contributed by atoms with E-state index >= 15 is 0 Å². The van der Waals surface area contributed by atoms with Crippen molar-refractivity contribution in [1.82, 2.24) is 4.57 Å². The smallest absolute Gasteiger partial charge is 0.266 e. The van der Waals surface area contributed by atoms with Crippen LogP contribution in [0.3, 0.4) is 0 Å². The number of nitrogens with one attached hydrogen (secondary N) is 1. The quantitative estimate of drug-likeness (QED) is 0.200. The highest BCUT2D eigenvalue weighted by molar-refractivity contribution is 6.09. The molecule has 7 heteroatoms. The van der Waals surface area contributed by atoms with Crippen molar-refractivity contribution in [2.24, 2.45) is 0 Å². The number of amides is 1. The van der Waals surface area contributed by atoms with E-state index in [0.717, 1.165) is 28.2 Å². The predicted octanol–water partition coefficient (Wildman–Crippen LogP) is 6.76. The lowest BCUT2D eigenvalue weighted by Crippen LogP contribution is -2.13. The lowest BCUT2D eigenvalue weighted by atomic mass is 10.1. The fourth-order valence-corrected chi connectivity index (χ4v) is 4.07. The fraction of sp³-hybridized carbons (Fsp3) is 0.161. The molecule has 6 nitrogen and oxygen atoms in total. The minimum absolute atomic E-state index is 0.00340. The largest absolute Gasteiger partial charge is 0.494 e. The summed E-state index contributed by atoms with van der Waals surface area (Å²) in [4.78, 5) is 12.8. The van der Waals surface area contributed by atoms with Crippen LogP contribution in [0.1, 0.15) is 29.4 Å². The van der Waals surface area contributed by atoms with Gasteiger partial charge >= 0.3 is 0 Å². The molecule has 1 N–H and O–H groups in total. The molecule has 0 spiro atoms. The number of ether oxygens (including phenoxy) is 2. The summed E-state index contributed by atoms with van der Waals surface area (Å²) in [5.41, 5.74) is 5.00. The van der Waals surface area contributed by atoms with Gasteiger partial charge in [0, 0.05) is 22.8 Å². The van der Waals surface area contributed by atoms with Crippen molar-refractivity contribution in [2.45, 2.75) is 27.4 Å². The van der Waals surface area contributed by atoms with Crippen LogP contribution in [0.15, 0.2) is 84.4 Å². The van der Waals surface area contributed by atoms with Crippen molar-refractivity contribution in [1.29, 1.82) is 5.26 Å². The maximum Gasteiger partial charge on any atom is 0.266 e. The van der Waals surface area contributed by atoms with Gasteiger partial charge in [0.2, 0.25) is 0 Å². The van der Waals surface area contributed by atoms with Gasteiger partial charge in [-0.1, -0.05) is 12.1 Å². The Labute approximate surface area is 221 Å². The zero-order valence-corrected chi connectivity index (χ0v) is 21.5. The van der Waals surface area contributed by atoms with E-state index in [1.54, 1.807) is 42.5 Å². The molecule has 0 fully saturated rings. The van der Waals surface area contributed by atoms with Gasteiger partial charge in [0.05, 0.1) is 6.61 Å². The van der Waals surface area contributed by atoms with Crippen LogP contribution in [-0.2, 0) is 11.4 Å². The summed E-state index contributed by atoms with van der Waals surface area (Å²) in [6, 6.07) is 24.8. The normalized spacial score (nSPS) is 11.1. The molecule has 38 heavy (non-hydrogen) atoms. The van der Waals surface area contributed by atoms with E-state index in [1.165, 1.54) is 12.1 Å². The Hall–Kier alpha value is -4.83. The molecule has 0 aliphatic carbocycles. The second-order valence-electron chi connectivity index (χ2n) is 8.65. The monoisotopic (exact) mass is 509 g/mol. The third-order valence-corrected chi connectivity index (χ3v) is 5.97. The Morgan fingerprint density at radius 2 is 1.61 bits per heavy atom. The number of rotatable bonds is 9. The number of carbonyl (C=O) groups excluding carboxylic acids is 1. The zero-order valence-electron chi connectivity index (χ0n) is 21.5. The van der Waals surface area contributed by atoms with Gasteiger partial charge in [-0.2, -0.15) is 5.26 Å². The second-order valence-corrected chi connectivity index (χ2v) is 8.65. The zero-order chi connectivity index (χ0) is 27.1. The maximum atomic E-state index is 13.1. The Bertz CT molecular complexity index is 1480. The summed E-state index contributed by atoms with van der Waals surface area (Å²) >= 11 is 0. The molecule has 3 aromatic carbocycles. The van der Waals surface area contributed by atoms with Crippen molar-refractivity contribution in [3.63, 3.8) is 0 Å². The Morgan fingerprint density at radius 3 is 2.24 bits per heavy atom. The third-order valence-electron chi connectivity index (χ3n) is 5.97. The Balaban J connectivity index is 1.48. The van der Waals surface area contributed by atoms with Crippen LogP contribution < -0.4 is 14.8 Å². The Morgan fingerprint density at radius 1 is 0.974 bits per heavy atom. The van der Waals surface area contributed by atoms with Gasteiger partial charge in [0.25, 0.3) is 5.91 Å². The first-order valence-corrected chi connectivity index (χ1v) is 12.2. The van der Waals surface area contributed by atoms with Crippen LogP contribution >= 0.6 is 0 Å². The molecule has 0 atom stereocenters. The van der Waals surface area contributed by atoms with Gasteiger partial charge in [0.1, 0.15) is 35.6 Å². The molecule has 0 saturated heterocycles. The van der Waals surface area contributed by atoms with Crippen molar-refractivity contribution < 1.29 is 18.7 Å². The standard InChI is InChI=1S/C31H28FN3O3/c1-4-37-29-13-9-27(10-14-29)34-31(36)25(19-33)18-24-17-21(2)35(22(24)3)28-11-15-30(16-12-28)38-20-23-5-7-26(32)8-6-23/h5-18H,4,20H2,1-3H3,(H,34,36)/b25-18-. The van der Waals surface area contributed by atoms with Crippen molar-refractivity contribution in [3.8, 4) is 23.3 Å². The average Bonchev–Trinajstić information content (AvgIpc) is 3.20. The fourth-order valence-electron chi connectivity index (χ4n) is 4.07. The molecule has 0 aliphatic heterocycles. The predicted molar refractivity (Wildman–Crippen MR) is 146 cm³/mol. The van der Waals surface area contributed by atoms with Gasteiger partial charge in [0.15, 0.2) is 0 Å². The maximum absolute atomic E-state index is 13.1. The van der Waals surface area contributed by atoms with Gasteiger partial charge < -0.3 is 19.4 Å². The molecule has 192 valence electrons. The minimum Gasteiger partial charge on any atom is -0.494 e. The molecule has 0 aliphatic rings. The molecule has 0 radical (unpaired) electrons. The molecule has 0 saturated carbocycles. The van der Waals surface area contributed by atoms with Crippen LogP contribution in [0.5, 0.6) is 11.5 Å². The van der Waals surface area contributed by atoms with Gasteiger partial charge in [-0.15, -0.1) is 0 Å². The number of aryl methyl sites for hydroxylation is 1. The highest BCUT2D eigenvalue weighted by Crippen LogP contribution is 2.25. The molecule has 0 bridgehead atoms. The lowest BCUT2D eigenvalue weighted by molar-refractivity contribution is -0.112. The molecule has 4 rings (SSSR count). The van der Waals surface area contributed by atoms with E-state index in [2.05, 4.69) is 9.88 Å². The summed E-state index contributed by atoms with van der Waals surface area (Å²) in [6.45, 7) is 6.71. The molecule has 4 aromatic rings. The van der Waals surface area contributed by atoms with Gasteiger partial charge in [-0.25, -0.2) is 4.39 Å². The van der Waals surface area contributed by atoms with Crippen molar-refractivity contribution in [3.05, 3.63) is 113 Å². The van der Waals surface area contributed by atoms with E-state index in [1.807, 2.05) is 57.2 Å². The highest BCUT2D eigenvalue weighted by Gasteiger charge is 2.14. The summed E-state index contributed by atoms with van der Waals surface area (Å²) in [5, 5.41) is 12.4. The van der Waals surface area contributed by atoms with E-state index in [4.69, 9.17) is 9.47 Å². The molecule has 1 amide bonds.